The van der Waals surface area contributed by atoms with Crippen LogP contribution in [0, 0.1) is 0 Å². The molecule has 3 rings (SSSR count). The molecule has 2 fully saturated rings. The second-order valence-corrected chi connectivity index (χ2v) is 4.92. The van der Waals surface area contributed by atoms with Crippen molar-refractivity contribution < 1.29 is 0 Å². The molecule has 2 saturated carbocycles. The normalized spacial score (nSPS) is 20.6. The van der Waals surface area contributed by atoms with Gasteiger partial charge in [0.25, 0.3) is 0 Å². The first-order chi connectivity index (χ1) is 7.40. The van der Waals surface area contributed by atoms with Crippen LogP contribution in [0.4, 0.5) is 0 Å². The van der Waals surface area contributed by atoms with Crippen LogP contribution in [0.25, 0.3) is 0 Å². The summed E-state index contributed by atoms with van der Waals surface area (Å²) < 4.78 is 0. The highest BCUT2D eigenvalue weighted by Gasteiger charge is 2.33. The minimum absolute atomic E-state index is 0.770. The van der Waals surface area contributed by atoms with Gasteiger partial charge in [0.15, 0.2) is 0 Å². The molecule has 15 heavy (non-hydrogen) atoms. The van der Waals surface area contributed by atoms with Crippen LogP contribution in [0.1, 0.15) is 67.8 Å². The van der Waals surface area contributed by atoms with Crippen LogP contribution >= 0.6 is 0 Å². The molecule has 2 heteroatoms. The first-order valence-corrected chi connectivity index (χ1v) is 6.23. The zero-order valence-electron chi connectivity index (χ0n) is 9.37. The van der Waals surface area contributed by atoms with Crippen LogP contribution in [0.15, 0.2) is 6.33 Å². The summed E-state index contributed by atoms with van der Waals surface area (Å²) in [6.07, 6.45) is 9.57. The first kappa shape index (κ1) is 9.32. The molecular formula is C13H18N2. The lowest BCUT2D eigenvalue weighted by atomic mass is 10.0. The fourth-order valence-corrected chi connectivity index (χ4v) is 2.36. The van der Waals surface area contributed by atoms with Crippen LogP contribution in [0.3, 0.4) is 0 Å². The van der Waals surface area contributed by atoms with Crippen molar-refractivity contribution in [2.24, 2.45) is 0 Å². The van der Waals surface area contributed by atoms with E-state index >= 15 is 0 Å². The minimum Gasteiger partial charge on any atom is -0.241 e. The highest BCUT2D eigenvalue weighted by molar-refractivity contribution is 5.34. The number of hydrogen-bond acceptors (Lipinski definition) is 2. The van der Waals surface area contributed by atoms with E-state index in [1.54, 1.807) is 6.33 Å². The molecule has 1 aromatic heterocycles. The standard InChI is InChI=1S/C13H18N2/c1-2-3-11-12(9-4-5-9)14-8-15-13(11)10-6-7-10/h8-10H,2-7H2,1H3. The molecule has 0 spiro atoms. The Kier molecular flexibility index (Phi) is 2.23. The van der Waals surface area contributed by atoms with E-state index in [9.17, 15) is 0 Å². The fourth-order valence-electron chi connectivity index (χ4n) is 2.36. The molecule has 0 unspecified atom stereocenters. The summed E-state index contributed by atoms with van der Waals surface area (Å²) >= 11 is 0. The summed E-state index contributed by atoms with van der Waals surface area (Å²) in [5.74, 6) is 1.54. The molecule has 80 valence electrons. The summed E-state index contributed by atoms with van der Waals surface area (Å²) in [5, 5.41) is 0. The summed E-state index contributed by atoms with van der Waals surface area (Å²) in [6, 6.07) is 0. The third kappa shape index (κ3) is 1.77. The topological polar surface area (TPSA) is 25.8 Å². The third-order valence-corrected chi connectivity index (χ3v) is 3.44. The second kappa shape index (κ2) is 3.58. The van der Waals surface area contributed by atoms with Gasteiger partial charge >= 0.3 is 0 Å². The van der Waals surface area contributed by atoms with E-state index in [-0.39, 0.29) is 0 Å². The zero-order chi connectivity index (χ0) is 10.3. The van der Waals surface area contributed by atoms with E-state index in [2.05, 4.69) is 16.9 Å². The SMILES string of the molecule is CCCc1c(C2CC2)ncnc1C1CC1. The molecule has 1 aromatic rings. The second-order valence-electron chi connectivity index (χ2n) is 4.92. The molecule has 2 aliphatic rings. The fraction of sp³-hybridized carbons (Fsp3) is 0.692. The van der Waals surface area contributed by atoms with E-state index in [1.165, 1.54) is 55.5 Å². The van der Waals surface area contributed by atoms with Crippen molar-refractivity contribution >= 4 is 0 Å². The predicted octanol–water partition coefficient (Wildman–Crippen LogP) is 3.18. The molecule has 2 aliphatic carbocycles. The lowest BCUT2D eigenvalue weighted by Gasteiger charge is -2.11. The summed E-state index contributed by atoms with van der Waals surface area (Å²) in [7, 11) is 0. The van der Waals surface area contributed by atoms with E-state index in [4.69, 9.17) is 0 Å². The van der Waals surface area contributed by atoms with Gasteiger partial charge in [-0.25, -0.2) is 9.97 Å². The maximum atomic E-state index is 4.52. The van der Waals surface area contributed by atoms with Gasteiger partial charge in [-0.1, -0.05) is 13.3 Å². The molecule has 2 nitrogen and oxygen atoms in total. The van der Waals surface area contributed by atoms with Gasteiger partial charge in [0, 0.05) is 11.8 Å². The highest BCUT2D eigenvalue weighted by atomic mass is 14.9. The molecule has 1 heterocycles. The first-order valence-electron chi connectivity index (χ1n) is 6.23. The minimum atomic E-state index is 0.770. The Morgan fingerprint density at radius 2 is 1.60 bits per heavy atom. The molecule has 0 amide bonds. The Bertz CT molecular complexity index is 335. The largest absolute Gasteiger partial charge is 0.241 e. The number of nitrogens with zero attached hydrogens (tertiary/aromatic N) is 2. The number of hydrogen-bond donors (Lipinski definition) is 0. The molecule has 0 aliphatic heterocycles. The van der Waals surface area contributed by atoms with Crippen LogP contribution in [0.5, 0.6) is 0 Å². The molecule has 0 saturated heterocycles. The molecular weight excluding hydrogens is 184 g/mol. The van der Waals surface area contributed by atoms with Gasteiger partial charge in [-0.05, 0) is 37.7 Å². The van der Waals surface area contributed by atoms with Crippen molar-refractivity contribution in [1.82, 2.24) is 9.97 Å². The van der Waals surface area contributed by atoms with Gasteiger partial charge in [0.2, 0.25) is 0 Å². The van der Waals surface area contributed by atoms with E-state index in [0.29, 0.717) is 0 Å². The van der Waals surface area contributed by atoms with Crippen molar-refractivity contribution in [3.05, 3.63) is 23.3 Å². The average Bonchev–Trinajstić information content (AvgIpc) is 3.12. The molecule has 0 N–H and O–H groups in total. The van der Waals surface area contributed by atoms with Crippen LogP contribution < -0.4 is 0 Å². The summed E-state index contributed by atoms with van der Waals surface area (Å²) in [6.45, 7) is 2.25. The van der Waals surface area contributed by atoms with Crippen molar-refractivity contribution in [3.8, 4) is 0 Å². The molecule has 0 bridgehead atoms. The van der Waals surface area contributed by atoms with Crippen molar-refractivity contribution in [3.63, 3.8) is 0 Å². The quantitative estimate of drug-likeness (QED) is 0.749. The molecule has 0 atom stereocenters. The maximum absolute atomic E-state index is 4.52. The smallest absolute Gasteiger partial charge is 0.115 e. The lowest BCUT2D eigenvalue weighted by molar-refractivity contribution is 0.812. The third-order valence-electron chi connectivity index (χ3n) is 3.44. The Morgan fingerprint density at radius 3 is 2.00 bits per heavy atom. The van der Waals surface area contributed by atoms with Crippen molar-refractivity contribution in [2.45, 2.75) is 57.3 Å². The van der Waals surface area contributed by atoms with Gasteiger partial charge < -0.3 is 0 Å². The van der Waals surface area contributed by atoms with Gasteiger partial charge in [-0.3, -0.25) is 0 Å². The van der Waals surface area contributed by atoms with Gasteiger partial charge in [0.05, 0.1) is 11.4 Å². The van der Waals surface area contributed by atoms with Crippen LogP contribution in [-0.2, 0) is 6.42 Å². The number of aromatic nitrogens is 2. The van der Waals surface area contributed by atoms with Crippen molar-refractivity contribution in [2.75, 3.05) is 0 Å². The van der Waals surface area contributed by atoms with Gasteiger partial charge in [-0.2, -0.15) is 0 Å². The van der Waals surface area contributed by atoms with Crippen LogP contribution in [-0.4, -0.2) is 9.97 Å². The Balaban J connectivity index is 2.00. The molecule has 0 radical (unpaired) electrons. The van der Waals surface area contributed by atoms with E-state index in [0.717, 1.165) is 11.8 Å². The lowest BCUT2D eigenvalue weighted by Crippen LogP contribution is -2.03. The monoisotopic (exact) mass is 202 g/mol. The predicted molar refractivity (Wildman–Crippen MR) is 60.0 cm³/mol. The molecule has 0 aromatic carbocycles. The van der Waals surface area contributed by atoms with E-state index in [1.807, 2.05) is 0 Å². The zero-order valence-corrected chi connectivity index (χ0v) is 9.37. The summed E-state index contributed by atoms with van der Waals surface area (Å²) in [5.41, 5.74) is 4.27. The summed E-state index contributed by atoms with van der Waals surface area (Å²) in [4.78, 5) is 9.04. The average molecular weight is 202 g/mol. The van der Waals surface area contributed by atoms with Gasteiger partial charge in [0.1, 0.15) is 6.33 Å². The van der Waals surface area contributed by atoms with E-state index < -0.39 is 0 Å². The van der Waals surface area contributed by atoms with Crippen molar-refractivity contribution in [1.29, 1.82) is 0 Å². The van der Waals surface area contributed by atoms with Crippen LogP contribution in [0.2, 0.25) is 0 Å². The van der Waals surface area contributed by atoms with Gasteiger partial charge in [-0.15, -0.1) is 0 Å². The highest BCUT2D eigenvalue weighted by Crippen LogP contribution is 2.45. The number of rotatable bonds is 4. The Morgan fingerprint density at radius 1 is 1.07 bits per heavy atom. The maximum Gasteiger partial charge on any atom is 0.115 e. The Labute approximate surface area is 91.1 Å². The Hall–Kier alpha value is -0.920.